The van der Waals surface area contributed by atoms with Crippen LogP contribution in [-0.4, -0.2) is 24.7 Å². The highest BCUT2D eigenvalue weighted by Gasteiger charge is 2.33. The third-order valence-electron chi connectivity index (χ3n) is 4.59. The molecule has 6 nitrogen and oxygen atoms in total. The molecule has 1 aromatic rings. The number of rotatable bonds is 5. The summed E-state index contributed by atoms with van der Waals surface area (Å²) in [6, 6.07) is 6.53. The van der Waals surface area contributed by atoms with Gasteiger partial charge in [0.1, 0.15) is 11.9 Å². The number of allylic oxidation sites excluding steroid dienone is 1. The number of carbonyl (C=O) groups is 2. The standard InChI is InChI=1S/C19H24N2O4/c1-3-24-14-10-8-13(9-11-14)17-16(12(2)20-19(23)21-17)18(22)25-15-6-4-5-7-15/h8-11,15,17H,3-7H2,1-2H3,(H2,20,21,23)/t17-/m1/s1. The first-order chi connectivity index (χ1) is 12.1. The lowest BCUT2D eigenvalue weighted by molar-refractivity contribution is -0.144. The van der Waals surface area contributed by atoms with E-state index in [2.05, 4.69) is 10.6 Å². The third-order valence-corrected chi connectivity index (χ3v) is 4.59. The molecular weight excluding hydrogens is 320 g/mol. The summed E-state index contributed by atoms with van der Waals surface area (Å²) >= 11 is 0. The molecule has 1 atom stereocenters. The van der Waals surface area contributed by atoms with Gasteiger partial charge in [-0.2, -0.15) is 0 Å². The van der Waals surface area contributed by atoms with Crippen molar-refractivity contribution in [2.24, 2.45) is 0 Å². The number of hydrogen-bond acceptors (Lipinski definition) is 4. The quantitative estimate of drug-likeness (QED) is 0.804. The van der Waals surface area contributed by atoms with Crippen molar-refractivity contribution < 1.29 is 19.1 Å². The Morgan fingerprint density at radius 1 is 1.20 bits per heavy atom. The van der Waals surface area contributed by atoms with Crippen LogP contribution in [0, 0.1) is 0 Å². The van der Waals surface area contributed by atoms with E-state index in [4.69, 9.17) is 9.47 Å². The van der Waals surface area contributed by atoms with Crippen LogP contribution in [0.5, 0.6) is 5.75 Å². The molecule has 1 saturated carbocycles. The highest BCUT2D eigenvalue weighted by Crippen LogP contribution is 2.30. The van der Waals surface area contributed by atoms with Crippen molar-refractivity contribution >= 4 is 12.0 Å². The first-order valence-corrected chi connectivity index (χ1v) is 8.80. The van der Waals surface area contributed by atoms with Crippen LogP contribution in [0.4, 0.5) is 4.79 Å². The summed E-state index contributed by atoms with van der Waals surface area (Å²) in [6.07, 6.45) is 3.98. The van der Waals surface area contributed by atoms with Crippen LogP contribution in [0.2, 0.25) is 0 Å². The van der Waals surface area contributed by atoms with Gasteiger partial charge in [0.2, 0.25) is 0 Å². The van der Waals surface area contributed by atoms with Gasteiger partial charge in [-0.05, 0) is 57.2 Å². The highest BCUT2D eigenvalue weighted by molar-refractivity contribution is 5.95. The van der Waals surface area contributed by atoms with Crippen LogP contribution in [-0.2, 0) is 9.53 Å². The SMILES string of the molecule is CCOc1ccc([C@H]2NC(=O)NC(C)=C2C(=O)OC2CCCC2)cc1. The summed E-state index contributed by atoms with van der Waals surface area (Å²) in [5.41, 5.74) is 1.80. The Morgan fingerprint density at radius 2 is 1.88 bits per heavy atom. The van der Waals surface area contributed by atoms with Gasteiger partial charge >= 0.3 is 12.0 Å². The van der Waals surface area contributed by atoms with Gasteiger partial charge in [0.25, 0.3) is 0 Å². The molecule has 2 aliphatic rings. The average Bonchev–Trinajstić information content (AvgIpc) is 3.08. The van der Waals surface area contributed by atoms with Gasteiger partial charge < -0.3 is 20.1 Å². The second-order valence-electron chi connectivity index (χ2n) is 6.38. The summed E-state index contributed by atoms with van der Waals surface area (Å²) in [5.74, 6) is 0.387. The molecule has 1 aromatic carbocycles. The van der Waals surface area contributed by atoms with E-state index in [9.17, 15) is 9.59 Å². The zero-order chi connectivity index (χ0) is 17.8. The molecule has 0 unspecified atom stereocenters. The second-order valence-corrected chi connectivity index (χ2v) is 6.38. The summed E-state index contributed by atoms with van der Waals surface area (Å²) in [5, 5.41) is 5.49. The van der Waals surface area contributed by atoms with E-state index >= 15 is 0 Å². The molecule has 25 heavy (non-hydrogen) atoms. The van der Waals surface area contributed by atoms with Crippen LogP contribution in [0.1, 0.15) is 51.1 Å². The summed E-state index contributed by atoms with van der Waals surface area (Å²) in [4.78, 5) is 24.6. The van der Waals surface area contributed by atoms with Crippen LogP contribution in [0.3, 0.4) is 0 Å². The van der Waals surface area contributed by atoms with Crippen molar-refractivity contribution in [2.75, 3.05) is 6.61 Å². The average molecular weight is 344 g/mol. The molecule has 2 N–H and O–H groups in total. The Bertz CT molecular complexity index is 675. The molecule has 0 bridgehead atoms. The molecule has 0 radical (unpaired) electrons. The van der Waals surface area contributed by atoms with Crippen LogP contribution >= 0.6 is 0 Å². The smallest absolute Gasteiger partial charge is 0.338 e. The lowest BCUT2D eigenvalue weighted by Crippen LogP contribution is -2.45. The van der Waals surface area contributed by atoms with Gasteiger partial charge in [-0.3, -0.25) is 0 Å². The van der Waals surface area contributed by atoms with E-state index in [0.717, 1.165) is 37.0 Å². The number of urea groups is 1. The molecule has 134 valence electrons. The fourth-order valence-electron chi connectivity index (χ4n) is 3.36. The molecule has 1 fully saturated rings. The zero-order valence-electron chi connectivity index (χ0n) is 14.6. The van der Waals surface area contributed by atoms with Gasteiger partial charge in [-0.15, -0.1) is 0 Å². The molecule has 6 heteroatoms. The third kappa shape index (κ3) is 3.95. The lowest BCUT2D eigenvalue weighted by Gasteiger charge is -2.29. The van der Waals surface area contributed by atoms with Crippen LogP contribution in [0.25, 0.3) is 0 Å². The topological polar surface area (TPSA) is 76.7 Å². The van der Waals surface area contributed by atoms with E-state index in [1.807, 2.05) is 31.2 Å². The van der Waals surface area contributed by atoms with Gasteiger partial charge in [0, 0.05) is 5.70 Å². The fourth-order valence-corrected chi connectivity index (χ4v) is 3.36. The van der Waals surface area contributed by atoms with Crippen molar-refractivity contribution in [3.63, 3.8) is 0 Å². The monoisotopic (exact) mass is 344 g/mol. The van der Waals surface area contributed by atoms with E-state index in [0.29, 0.717) is 17.9 Å². The van der Waals surface area contributed by atoms with Crippen LogP contribution in [0.15, 0.2) is 35.5 Å². The number of esters is 1. The molecule has 2 amide bonds. The van der Waals surface area contributed by atoms with Crippen molar-refractivity contribution in [3.05, 3.63) is 41.1 Å². The van der Waals surface area contributed by atoms with E-state index in [1.54, 1.807) is 6.92 Å². The maximum atomic E-state index is 12.7. The molecule has 1 aliphatic carbocycles. The predicted octanol–water partition coefficient (Wildman–Crippen LogP) is 3.20. The Labute approximate surface area is 147 Å². The molecule has 1 heterocycles. The summed E-state index contributed by atoms with van der Waals surface area (Å²) in [7, 11) is 0. The van der Waals surface area contributed by atoms with Crippen molar-refractivity contribution in [2.45, 2.75) is 51.7 Å². The normalized spacial score (nSPS) is 20.9. The molecule has 0 aromatic heterocycles. The Kier molecular flexibility index (Phi) is 5.26. The summed E-state index contributed by atoms with van der Waals surface area (Å²) in [6.45, 7) is 4.23. The first-order valence-electron chi connectivity index (χ1n) is 8.80. The van der Waals surface area contributed by atoms with Gasteiger partial charge in [-0.25, -0.2) is 9.59 Å². The first kappa shape index (κ1) is 17.3. The number of hydrogen-bond donors (Lipinski definition) is 2. The molecule has 0 saturated heterocycles. The van der Waals surface area contributed by atoms with Crippen molar-refractivity contribution in [1.29, 1.82) is 0 Å². The molecular formula is C19H24N2O4. The van der Waals surface area contributed by atoms with Crippen molar-refractivity contribution in [3.8, 4) is 5.75 Å². The fraction of sp³-hybridized carbons (Fsp3) is 0.474. The number of benzene rings is 1. The maximum absolute atomic E-state index is 12.7. The lowest BCUT2D eigenvalue weighted by atomic mass is 9.95. The Balaban J connectivity index is 1.84. The predicted molar refractivity (Wildman–Crippen MR) is 93.1 cm³/mol. The number of ether oxygens (including phenoxy) is 2. The highest BCUT2D eigenvalue weighted by atomic mass is 16.5. The molecule has 1 aliphatic heterocycles. The minimum absolute atomic E-state index is 0.0218. The van der Waals surface area contributed by atoms with Gasteiger partial charge in [0.15, 0.2) is 0 Å². The minimum atomic E-state index is -0.529. The Hall–Kier alpha value is -2.50. The summed E-state index contributed by atoms with van der Waals surface area (Å²) < 4.78 is 11.1. The molecule has 0 spiro atoms. The van der Waals surface area contributed by atoms with Gasteiger partial charge in [0.05, 0.1) is 18.2 Å². The largest absolute Gasteiger partial charge is 0.494 e. The van der Waals surface area contributed by atoms with Crippen LogP contribution < -0.4 is 15.4 Å². The maximum Gasteiger partial charge on any atom is 0.338 e. The van der Waals surface area contributed by atoms with E-state index in [-0.39, 0.29) is 18.1 Å². The number of nitrogens with one attached hydrogen (secondary N) is 2. The minimum Gasteiger partial charge on any atom is -0.494 e. The van der Waals surface area contributed by atoms with E-state index in [1.165, 1.54) is 0 Å². The second kappa shape index (κ2) is 7.59. The number of amides is 2. The zero-order valence-corrected chi connectivity index (χ0v) is 14.6. The van der Waals surface area contributed by atoms with Gasteiger partial charge in [-0.1, -0.05) is 12.1 Å². The van der Waals surface area contributed by atoms with E-state index < -0.39 is 6.04 Å². The van der Waals surface area contributed by atoms with Crippen molar-refractivity contribution in [1.82, 2.24) is 10.6 Å². The molecule has 3 rings (SSSR count). The number of carbonyl (C=O) groups excluding carboxylic acids is 2. The Morgan fingerprint density at radius 3 is 2.52 bits per heavy atom.